The smallest absolute Gasteiger partial charge is 0.213 e. The van der Waals surface area contributed by atoms with Crippen LogP contribution in [0.3, 0.4) is 0 Å². The summed E-state index contributed by atoms with van der Waals surface area (Å²) < 4.78 is 0. The van der Waals surface area contributed by atoms with Gasteiger partial charge in [0.15, 0.2) is 0 Å². The second-order valence-electron chi connectivity index (χ2n) is 4.73. The van der Waals surface area contributed by atoms with E-state index >= 15 is 0 Å². The van der Waals surface area contributed by atoms with E-state index in [9.17, 15) is 0 Å². The lowest BCUT2D eigenvalue weighted by molar-refractivity contribution is 1.31. The molecule has 0 saturated heterocycles. The molecule has 1 N–H and O–H groups in total. The fourth-order valence-electron chi connectivity index (χ4n) is 2.24. The van der Waals surface area contributed by atoms with Gasteiger partial charge in [0.1, 0.15) is 0 Å². The van der Waals surface area contributed by atoms with Crippen LogP contribution >= 0.6 is 11.6 Å². The largest absolute Gasteiger partial charge is 0.351 e. The van der Waals surface area contributed by atoms with E-state index in [1.165, 1.54) is 10.9 Å². The Balaban J connectivity index is 0.000000299. The molecule has 0 aliphatic carbocycles. The van der Waals surface area contributed by atoms with Crippen LogP contribution in [0, 0.1) is 0 Å². The van der Waals surface area contributed by atoms with Gasteiger partial charge in [0, 0.05) is 12.4 Å². The van der Waals surface area contributed by atoms with Crippen LogP contribution in [0.4, 0.5) is 0 Å². The van der Waals surface area contributed by atoms with Gasteiger partial charge in [-0.3, -0.25) is 0 Å². The van der Waals surface area contributed by atoms with Crippen molar-refractivity contribution in [2.45, 2.75) is 6.32 Å². The van der Waals surface area contributed by atoms with Crippen molar-refractivity contribution in [3.05, 3.63) is 91.0 Å². The van der Waals surface area contributed by atoms with Crippen LogP contribution in [0.15, 0.2) is 91.0 Å². The fourth-order valence-corrected chi connectivity index (χ4v) is 2.34. The van der Waals surface area contributed by atoms with Crippen LogP contribution < -0.4 is 10.9 Å². The van der Waals surface area contributed by atoms with Gasteiger partial charge < -0.3 is 4.98 Å². The Morgan fingerprint density at radius 1 is 0.955 bits per heavy atom. The lowest BCUT2D eigenvalue weighted by Gasteiger charge is -2.12. The average molecular weight is 309 g/mol. The van der Waals surface area contributed by atoms with Gasteiger partial charge >= 0.3 is 0 Å². The minimum Gasteiger partial charge on any atom is -0.351 e. The molecule has 2 nitrogen and oxygen atoms in total. The second-order valence-corrected chi connectivity index (χ2v) is 4.98. The SMILES string of the molecule is ClC=CCB(c1ccccc1)c1ccccc1.c1c[nH]cn1. The highest BCUT2D eigenvalue weighted by atomic mass is 35.5. The van der Waals surface area contributed by atoms with E-state index in [1.807, 2.05) is 18.2 Å². The molecule has 0 aliphatic rings. The average Bonchev–Trinajstić information content (AvgIpc) is 3.17. The van der Waals surface area contributed by atoms with E-state index in [2.05, 4.69) is 58.5 Å². The Morgan fingerprint density at radius 3 is 1.91 bits per heavy atom. The van der Waals surface area contributed by atoms with Crippen molar-refractivity contribution in [3.63, 3.8) is 0 Å². The first-order valence-corrected chi connectivity index (χ1v) is 7.63. The summed E-state index contributed by atoms with van der Waals surface area (Å²) in [6.45, 7) is 0.382. The van der Waals surface area contributed by atoms with E-state index in [-0.39, 0.29) is 0 Å². The number of rotatable bonds is 4. The van der Waals surface area contributed by atoms with E-state index in [4.69, 9.17) is 11.6 Å². The van der Waals surface area contributed by atoms with Crippen LogP contribution in [0.5, 0.6) is 0 Å². The van der Waals surface area contributed by atoms with Crippen molar-refractivity contribution in [2.75, 3.05) is 0 Å². The van der Waals surface area contributed by atoms with Gasteiger partial charge in [-0.1, -0.05) is 89.3 Å². The van der Waals surface area contributed by atoms with Crippen LogP contribution in [-0.2, 0) is 0 Å². The highest BCUT2D eigenvalue weighted by molar-refractivity contribution is 6.85. The lowest BCUT2D eigenvalue weighted by Crippen LogP contribution is -2.41. The van der Waals surface area contributed by atoms with Gasteiger partial charge in [-0.25, -0.2) is 4.98 Å². The van der Waals surface area contributed by atoms with Gasteiger partial charge in [-0.15, -0.1) is 0 Å². The third-order valence-corrected chi connectivity index (χ3v) is 3.45. The molecule has 110 valence electrons. The summed E-state index contributed by atoms with van der Waals surface area (Å²) in [6, 6.07) is 21.1. The van der Waals surface area contributed by atoms with E-state index in [1.54, 1.807) is 24.3 Å². The monoisotopic (exact) mass is 308 g/mol. The molecule has 0 saturated carbocycles. The summed E-state index contributed by atoms with van der Waals surface area (Å²) in [5.41, 5.74) is 4.25. The Bertz CT molecular complexity index is 583. The fraction of sp³-hybridized carbons (Fsp3) is 0.0556. The molecule has 0 atom stereocenters. The Labute approximate surface area is 137 Å². The maximum absolute atomic E-state index is 5.64. The minimum atomic E-state index is 0.382. The molecule has 0 spiro atoms. The lowest BCUT2D eigenvalue weighted by atomic mass is 9.39. The number of H-pyrrole nitrogens is 1. The Morgan fingerprint density at radius 2 is 1.55 bits per heavy atom. The van der Waals surface area contributed by atoms with Crippen LogP contribution in [0.2, 0.25) is 6.32 Å². The first-order chi connectivity index (χ1) is 10.9. The normalized spacial score (nSPS) is 10.0. The van der Waals surface area contributed by atoms with Gasteiger partial charge in [0.05, 0.1) is 6.33 Å². The molecule has 0 radical (unpaired) electrons. The van der Waals surface area contributed by atoms with E-state index < -0.39 is 0 Å². The van der Waals surface area contributed by atoms with Gasteiger partial charge in [-0.2, -0.15) is 0 Å². The van der Waals surface area contributed by atoms with Gasteiger partial charge in [0.25, 0.3) is 0 Å². The molecular formula is C18H18BClN2. The first kappa shape index (κ1) is 16.1. The predicted molar refractivity (Wildman–Crippen MR) is 96.3 cm³/mol. The highest BCUT2D eigenvalue weighted by Gasteiger charge is 2.16. The topological polar surface area (TPSA) is 28.7 Å². The molecule has 2 aromatic carbocycles. The summed E-state index contributed by atoms with van der Waals surface area (Å²) in [5.74, 6) is 0. The zero-order valence-corrected chi connectivity index (χ0v) is 13.0. The summed E-state index contributed by atoms with van der Waals surface area (Å²) >= 11 is 5.64. The predicted octanol–water partition coefficient (Wildman–Crippen LogP) is 3.46. The van der Waals surface area contributed by atoms with Crippen LogP contribution in [0.1, 0.15) is 0 Å². The molecule has 1 aromatic heterocycles. The Hall–Kier alpha value is -2.26. The van der Waals surface area contributed by atoms with E-state index in [0.29, 0.717) is 6.71 Å². The molecule has 3 rings (SSSR count). The number of aromatic nitrogens is 2. The van der Waals surface area contributed by atoms with Crippen molar-refractivity contribution in [3.8, 4) is 0 Å². The quantitative estimate of drug-likeness (QED) is 0.735. The van der Waals surface area contributed by atoms with Gasteiger partial charge in [-0.05, 0) is 11.9 Å². The summed E-state index contributed by atoms with van der Waals surface area (Å²) in [4.78, 5) is 6.42. The molecule has 1 heterocycles. The second kappa shape index (κ2) is 9.64. The number of nitrogens with one attached hydrogen (secondary N) is 1. The van der Waals surface area contributed by atoms with Crippen molar-refractivity contribution >= 4 is 29.2 Å². The number of aromatic amines is 1. The van der Waals surface area contributed by atoms with Crippen molar-refractivity contribution in [1.82, 2.24) is 9.97 Å². The molecule has 22 heavy (non-hydrogen) atoms. The van der Waals surface area contributed by atoms with Crippen molar-refractivity contribution in [2.24, 2.45) is 0 Å². The zero-order valence-electron chi connectivity index (χ0n) is 12.3. The van der Waals surface area contributed by atoms with Gasteiger partial charge in [0.2, 0.25) is 6.71 Å². The summed E-state index contributed by atoms with van der Waals surface area (Å²) in [6.07, 6.45) is 8.02. The number of benzene rings is 2. The maximum atomic E-state index is 5.64. The minimum absolute atomic E-state index is 0.382. The Kier molecular flexibility index (Phi) is 7.06. The molecule has 4 heteroatoms. The maximum Gasteiger partial charge on any atom is 0.213 e. The zero-order chi connectivity index (χ0) is 15.5. The number of imidazole rings is 1. The third kappa shape index (κ3) is 5.26. The molecular weight excluding hydrogens is 290 g/mol. The number of allylic oxidation sites excluding steroid dienone is 1. The number of hydrogen-bond donors (Lipinski definition) is 1. The third-order valence-electron chi connectivity index (χ3n) is 3.27. The standard InChI is InChI=1S/C15H14BCl.C3H4N2/c17-13-7-12-16(14-8-3-1-4-9-14)15-10-5-2-6-11-15;1-2-5-3-4-1/h1-11,13H,12H2;1-3H,(H,4,5). The number of halogens is 1. The molecule has 0 amide bonds. The molecule has 0 bridgehead atoms. The molecule has 0 aliphatic heterocycles. The first-order valence-electron chi connectivity index (χ1n) is 7.19. The molecule has 3 aromatic rings. The highest BCUT2D eigenvalue weighted by Crippen LogP contribution is 2.00. The molecule has 0 unspecified atom stereocenters. The summed E-state index contributed by atoms with van der Waals surface area (Å²) in [7, 11) is 0. The van der Waals surface area contributed by atoms with Crippen molar-refractivity contribution < 1.29 is 0 Å². The van der Waals surface area contributed by atoms with Crippen molar-refractivity contribution in [1.29, 1.82) is 0 Å². The summed E-state index contributed by atoms with van der Waals surface area (Å²) in [5, 5.41) is 0. The van der Waals surface area contributed by atoms with Crippen LogP contribution in [-0.4, -0.2) is 16.7 Å². The molecule has 0 fully saturated rings. The van der Waals surface area contributed by atoms with Crippen LogP contribution in [0.25, 0.3) is 0 Å². The van der Waals surface area contributed by atoms with E-state index in [0.717, 1.165) is 6.32 Å². The number of nitrogens with zero attached hydrogens (tertiary/aromatic N) is 1. The number of hydrogen-bond acceptors (Lipinski definition) is 1.